The van der Waals surface area contributed by atoms with Gasteiger partial charge >= 0.3 is 0 Å². The highest BCUT2D eigenvalue weighted by atomic mass is 16.3. The van der Waals surface area contributed by atoms with Gasteiger partial charge in [-0.25, -0.2) is 0 Å². The SMILES string of the molecule is O[C@]12CC1CN[C@H]2c1ccccc1. The second-order valence-corrected chi connectivity index (χ2v) is 4.14. The molecular weight excluding hydrogens is 162 g/mol. The normalized spacial score (nSPS) is 41.6. The summed E-state index contributed by atoms with van der Waals surface area (Å²) in [5, 5.41) is 13.5. The summed E-state index contributed by atoms with van der Waals surface area (Å²) in [6, 6.07) is 10.4. The summed E-state index contributed by atoms with van der Waals surface area (Å²) < 4.78 is 0. The number of hydrogen-bond donors (Lipinski definition) is 2. The van der Waals surface area contributed by atoms with E-state index in [1.807, 2.05) is 18.2 Å². The Labute approximate surface area is 77.6 Å². The van der Waals surface area contributed by atoms with Gasteiger partial charge in [0.25, 0.3) is 0 Å². The summed E-state index contributed by atoms with van der Waals surface area (Å²) >= 11 is 0. The molecule has 2 N–H and O–H groups in total. The molecule has 0 radical (unpaired) electrons. The predicted molar refractivity (Wildman–Crippen MR) is 50.2 cm³/mol. The van der Waals surface area contributed by atoms with Gasteiger partial charge in [-0.05, 0) is 12.0 Å². The van der Waals surface area contributed by atoms with E-state index in [9.17, 15) is 5.11 Å². The lowest BCUT2D eigenvalue weighted by Gasteiger charge is -2.18. The number of benzene rings is 1. The quantitative estimate of drug-likeness (QED) is 0.669. The maximum absolute atomic E-state index is 10.1. The minimum atomic E-state index is -0.429. The van der Waals surface area contributed by atoms with Gasteiger partial charge in [-0.1, -0.05) is 30.3 Å². The van der Waals surface area contributed by atoms with Crippen LogP contribution in [0.4, 0.5) is 0 Å². The summed E-state index contributed by atoms with van der Waals surface area (Å²) in [6.07, 6.45) is 0.972. The summed E-state index contributed by atoms with van der Waals surface area (Å²) in [7, 11) is 0. The molecule has 1 aliphatic carbocycles. The molecule has 13 heavy (non-hydrogen) atoms. The standard InChI is InChI=1S/C11H13NO/c13-11-6-9(11)7-12-10(11)8-4-2-1-3-5-8/h1-5,9-10,12-13H,6-7H2/t9?,10-,11+/m0/s1. The number of rotatable bonds is 1. The molecule has 0 bridgehead atoms. The first kappa shape index (κ1) is 7.54. The zero-order valence-electron chi connectivity index (χ0n) is 7.40. The predicted octanol–water partition coefficient (Wildman–Crippen LogP) is 1.08. The topological polar surface area (TPSA) is 32.3 Å². The minimum Gasteiger partial charge on any atom is -0.388 e. The molecule has 1 heterocycles. The highest BCUT2D eigenvalue weighted by molar-refractivity contribution is 5.30. The zero-order valence-corrected chi connectivity index (χ0v) is 7.40. The van der Waals surface area contributed by atoms with Gasteiger partial charge in [-0.15, -0.1) is 0 Å². The molecule has 68 valence electrons. The van der Waals surface area contributed by atoms with E-state index in [2.05, 4.69) is 17.4 Å². The van der Waals surface area contributed by atoms with Crippen LogP contribution in [0.2, 0.25) is 0 Å². The van der Waals surface area contributed by atoms with Gasteiger partial charge in [0.15, 0.2) is 0 Å². The fourth-order valence-electron chi connectivity index (χ4n) is 2.43. The molecule has 2 fully saturated rings. The first-order chi connectivity index (χ1) is 6.31. The molecule has 2 nitrogen and oxygen atoms in total. The molecule has 3 rings (SSSR count). The van der Waals surface area contributed by atoms with Crippen LogP contribution in [0, 0.1) is 5.92 Å². The second kappa shape index (κ2) is 2.34. The average molecular weight is 175 g/mol. The fraction of sp³-hybridized carbons (Fsp3) is 0.455. The maximum Gasteiger partial charge on any atom is 0.0886 e. The van der Waals surface area contributed by atoms with Gasteiger partial charge in [0.2, 0.25) is 0 Å². The van der Waals surface area contributed by atoms with E-state index >= 15 is 0 Å². The van der Waals surface area contributed by atoms with Crippen molar-refractivity contribution in [2.75, 3.05) is 6.54 Å². The smallest absolute Gasteiger partial charge is 0.0886 e. The van der Waals surface area contributed by atoms with E-state index in [4.69, 9.17) is 0 Å². The molecule has 2 aliphatic rings. The van der Waals surface area contributed by atoms with Crippen molar-refractivity contribution in [3.63, 3.8) is 0 Å². The van der Waals surface area contributed by atoms with E-state index in [0.717, 1.165) is 13.0 Å². The number of fused-ring (bicyclic) bond motifs is 1. The Bertz CT molecular complexity index is 322. The number of piperidine rings is 1. The van der Waals surface area contributed by atoms with Crippen LogP contribution in [0.15, 0.2) is 30.3 Å². The summed E-state index contributed by atoms with van der Waals surface area (Å²) in [4.78, 5) is 0. The van der Waals surface area contributed by atoms with Crippen molar-refractivity contribution in [1.29, 1.82) is 0 Å². The van der Waals surface area contributed by atoms with Crippen LogP contribution < -0.4 is 5.32 Å². The Morgan fingerprint density at radius 2 is 2.08 bits per heavy atom. The third-order valence-electron chi connectivity index (χ3n) is 3.32. The lowest BCUT2D eigenvalue weighted by atomic mass is 10.0. The van der Waals surface area contributed by atoms with Crippen LogP contribution in [0.1, 0.15) is 18.0 Å². The number of hydrogen-bond acceptors (Lipinski definition) is 2. The lowest BCUT2D eigenvalue weighted by Crippen LogP contribution is -2.26. The van der Waals surface area contributed by atoms with E-state index < -0.39 is 5.60 Å². The average Bonchev–Trinajstić information content (AvgIpc) is 2.71. The van der Waals surface area contributed by atoms with Crippen LogP contribution in [-0.2, 0) is 0 Å². The third kappa shape index (κ3) is 0.960. The van der Waals surface area contributed by atoms with Crippen LogP contribution in [0.25, 0.3) is 0 Å². The third-order valence-corrected chi connectivity index (χ3v) is 3.32. The van der Waals surface area contributed by atoms with Crippen molar-refractivity contribution in [2.24, 2.45) is 5.92 Å². The van der Waals surface area contributed by atoms with E-state index in [0.29, 0.717) is 5.92 Å². The van der Waals surface area contributed by atoms with Gasteiger partial charge in [0.05, 0.1) is 11.6 Å². The Morgan fingerprint density at radius 1 is 1.31 bits per heavy atom. The molecule has 1 aromatic rings. The van der Waals surface area contributed by atoms with Crippen LogP contribution in [0.5, 0.6) is 0 Å². The zero-order chi connectivity index (χ0) is 8.89. The molecule has 1 saturated heterocycles. The van der Waals surface area contributed by atoms with Crippen molar-refractivity contribution < 1.29 is 5.11 Å². The molecule has 1 unspecified atom stereocenters. The van der Waals surface area contributed by atoms with Crippen molar-refractivity contribution in [2.45, 2.75) is 18.1 Å². The first-order valence-electron chi connectivity index (χ1n) is 4.81. The van der Waals surface area contributed by atoms with Crippen LogP contribution in [-0.4, -0.2) is 17.3 Å². The molecule has 1 aromatic carbocycles. The lowest BCUT2D eigenvalue weighted by molar-refractivity contribution is 0.116. The van der Waals surface area contributed by atoms with Gasteiger partial charge in [0, 0.05) is 12.5 Å². The maximum atomic E-state index is 10.1. The fourth-order valence-corrected chi connectivity index (χ4v) is 2.43. The molecule has 0 spiro atoms. The summed E-state index contributed by atoms with van der Waals surface area (Å²) in [5.74, 6) is 0.498. The van der Waals surface area contributed by atoms with E-state index in [1.165, 1.54) is 5.56 Å². The van der Waals surface area contributed by atoms with Crippen molar-refractivity contribution in [1.82, 2.24) is 5.32 Å². The Morgan fingerprint density at radius 3 is 2.62 bits per heavy atom. The number of nitrogens with one attached hydrogen (secondary N) is 1. The highest BCUT2D eigenvalue weighted by Gasteiger charge is 2.62. The Kier molecular flexibility index (Phi) is 1.35. The molecule has 3 atom stereocenters. The summed E-state index contributed by atoms with van der Waals surface area (Å²) in [5.41, 5.74) is 0.784. The molecule has 0 aromatic heterocycles. The second-order valence-electron chi connectivity index (χ2n) is 4.14. The Balaban J connectivity index is 1.94. The van der Waals surface area contributed by atoms with Gasteiger partial charge < -0.3 is 10.4 Å². The molecule has 1 aliphatic heterocycles. The van der Waals surface area contributed by atoms with Gasteiger partial charge in [0.1, 0.15) is 0 Å². The van der Waals surface area contributed by atoms with Crippen molar-refractivity contribution >= 4 is 0 Å². The molecular formula is C11H13NO. The molecule has 2 heteroatoms. The molecule has 0 amide bonds. The number of aliphatic hydroxyl groups is 1. The van der Waals surface area contributed by atoms with E-state index in [1.54, 1.807) is 0 Å². The summed E-state index contributed by atoms with van der Waals surface area (Å²) in [6.45, 7) is 0.968. The van der Waals surface area contributed by atoms with Crippen molar-refractivity contribution in [3.8, 4) is 0 Å². The monoisotopic (exact) mass is 175 g/mol. The minimum absolute atomic E-state index is 0.165. The van der Waals surface area contributed by atoms with Crippen LogP contribution >= 0.6 is 0 Å². The Hall–Kier alpha value is -0.860. The van der Waals surface area contributed by atoms with Crippen molar-refractivity contribution in [3.05, 3.63) is 35.9 Å². The van der Waals surface area contributed by atoms with Gasteiger partial charge in [-0.2, -0.15) is 0 Å². The van der Waals surface area contributed by atoms with E-state index in [-0.39, 0.29) is 6.04 Å². The van der Waals surface area contributed by atoms with Crippen LogP contribution in [0.3, 0.4) is 0 Å². The molecule has 1 saturated carbocycles. The highest BCUT2D eigenvalue weighted by Crippen LogP contribution is 2.55. The largest absolute Gasteiger partial charge is 0.388 e. The van der Waals surface area contributed by atoms with Gasteiger partial charge in [-0.3, -0.25) is 0 Å². The first-order valence-corrected chi connectivity index (χ1v) is 4.81.